The molecule has 2 heterocycles. The van der Waals surface area contributed by atoms with Gasteiger partial charge in [0, 0.05) is 24.1 Å². The maximum absolute atomic E-state index is 13.8. The summed E-state index contributed by atoms with van der Waals surface area (Å²) in [6.07, 6.45) is 0. The molecule has 166 valence electrons. The summed E-state index contributed by atoms with van der Waals surface area (Å²) >= 11 is 1.54. The molecule has 2 atom stereocenters. The number of carbonyl (C=O) groups excluding carboxylic acids is 2. The minimum atomic E-state index is -0.575. The van der Waals surface area contributed by atoms with E-state index in [4.69, 9.17) is 9.47 Å². The van der Waals surface area contributed by atoms with Gasteiger partial charge in [-0.1, -0.05) is 36.4 Å². The van der Waals surface area contributed by atoms with Gasteiger partial charge in [0.15, 0.2) is 0 Å². The SMILES string of the molecule is CCOc1ccccc1NC(=O)[C@@H]1c2ccccc2C(=O)N(CCOC)[C@H]1c1cccs1. The summed E-state index contributed by atoms with van der Waals surface area (Å²) in [6.45, 7) is 3.18. The normalized spacial score (nSPS) is 17.7. The molecule has 0 saturated carbocycles. The van der Waals surface area contributed by atoms with Crippen LogP contribution in [-0.2, 0) is 9.53 Å². The molecular weight excluding hydrogens is 424 g/mol. The molecule has 0 spiro atoms. The number of para-hydroxylation sites is 2. The van der Waals surface area contributed by atoms with Crippen LogP contribution >= 0.6 is 11.3 Å². The minimum absolute atomic E-state index is 0.0881. The van der Waals surface area contributed by atoms with E-state index < -0.39 is 12.0 Å². The van der Waals surface area contributed by atoms with Gasteiger partial charge in [-0.15, -0.1) is 11.3 Å². The number of fused-ring (bicyclic) bond motifs is 1. The van der Waals surface area contributed by atoms with Crippen LogP contribution in [-0.4, -0.2) is 43.6 Å². The second kappa shape index (κ2) is 9.97. The van der Waals surface area contributed by atoms with Gasteiger partial charge in [-0.25, -0.2) is 0 Å². The first-order chi connectivity index (χ1) is 15.7. The number of ether oxygens (including phenoxy) is 2. The second-order valence-electron chi connectivity index (χ2n) is 7.43. The molecule has 2 aromatic carbocycles. The van der Waals surface area contributed by atoms with Crippen LogP contribution in [0.2, 0.25) is 0 Å². The predicted molar refractivity (Wildman–Crippen MR) is 125 cm³/mol. The second-order valence-corrected chi connectivity index (χ2v) is 8.41. The highest BCUT2D eigenvalue weighted by Gasteiger charge is 2.44. The third kappa shape index (κ3) is 4.26. The van der Waals surface area contributed by atoms with E-state index >= 15 is 0 Å². The van der Waals surface area contributed by atoms with Crippen molar-refractivity contribution in [2.45, 2.75) is 18.9 Å². The largest absolute Gasteiger partial charge is 0.492 e. The van der Waals surface area contributed by atoms with Crippen LogP contribution in [0.1, 0.15) is 39.7 Å². The zero-order valence-corrected chi connectivity index (χ0v) is 18.9. The number of hydrogen-bond acceptors (Lipinski definition) is 5. The molecule has 1 N–H and O–H groups in total. The van der Waals surface area contributed by atoms with E-state index in [1.807, 2.05) is 66.9 Å². The molecule has 32 heavy (non-hydrogen) atoms. The van der Waals surface area contributed by atoms with Crippen molar-refractivity contribution in [3.05, 3.63) is 82.0 Å². The van der Waals surface area contributed by atoms with Gasteiger partial charge in [-0.3, -0.25) is 9.59 Å². The van der Waals surface area contributed by atoms with Gasteiger partial charge in [0.05, 0.1) is 30.9 Å². The van der Waals surface area contributed by atoms with Crippen LogP contribution in [0, 0.1) is 0 Å². The fourth-order valence-corrected chi connectivity index (χ4v) is 5.02. The molecule has 0 unspecified atom stereocenters. The molecule has 6 nitrogen and oxygen atoms in total. The number of carbonyl (C=O) groups is 2. The Kier molecular flexibility index (Phi) is 6.87. The van der Waals surface area contributed by atoms with Crippen LogP contribution in [0.15, 0.2) is 66.0 Å². The summed E-state index contributed by atoms with van der Waals surface area (Å²) in [5.41, 5.74) is 1.90. The van der Waals surface area contributed by atoms with E-state index in [-0.39, 0.29) is 11.8 Å². The Labute approximate surface area is 191 Å². The van der Waals surface area contributed by atoms with Crippen molar-refractivity contribution in [2.24, 2.45) is 0 Å². The number of hydrogen-bond donors (Lipinski definition) is 1. The molecule has 1 aliphatic rings. The third-order valence-corrected chi connectivity index (χ3v) is 6.48. The fraction of sp³-hybridized carbons (Fsp3) is 0.280. The van der Waals surface area contributed by atoms with Gasteiger partial charge in [0.2, 0.25) is 5.91 Å². The molecule has 2 amide bonds. The van der Waals surface area contributed by atoms with Crippen LogP contribution in [0.25, 0.3) is 0 Å². The average Bonchev–Trinajstić information content (AvgIpc) is 3.34. The summed E-state index contributed by atoms with van der Waals surface area (Å²) in [7, 11) is 1.61. The molecule has 0 bridgehead atoms. The molecule has 0 fully saturated rings. The fourth-order valence-electron chi connectivity index (χ4n) is 4.15. The summed E-state index contributed by atoms with van der Waals surface area (Å²) in [5.74, 6) is -0.228. The van der Waals surface area contributed by atoms with Gasteiger partial charge in [-0.2, -0.15) is 0 Å². The lowest BCUT2D eigenvalue weighted by Crippen LogP contribution is -2.47. The molecule has 7 heteroatoms. The number of nitrogens with zero attached hydrogens (tertiary/aromatic N) is 1. The first-order valence-electron chi connectivity index (χ1n) is 10.6. The Hall–Kier alpha value is -3.16. The molecule has 0 aliphatic carbocycles. The maximum Gasteiger partial charge on any atom is 0.254 e. The van der Waals surface area contributed by atoms with Crippen molar-refractivity contribution in [3.8, 4) is 5.75 Å². The van der Waals surface area contributed by atoms with Crippen molar-refractivity contribution in [1.29, 1.82) is 0 Å². The van der Waals surface area contributed by atoms with Crippen molar-refractivity contribution in [3.63, 3.8) is 0 Å². The number of rotatable bonds is 8. The van der Waals surface area contributed by atoms with E-state index in [1.54, 1.807) is 29.4 Å². The first-order valence-corrected chi connectivity index (χ1v) is 11.5. The number of amides is 2. The Morgan fingerprint density at radius 3 is 2.62 bits per heavy atom. The van der Waals surface area contributed by atoms with Crippen LogP contribution < -0.4 is 10.1 Å². The van der Waals surface area contributed by atoms with Crippen molar-refractivity contribution in [2.75, 3.05) is 32.2 Å². The molecule has 0 radical (unpaired) electrons. The summed E-state index contributed by atoms with van der Waals surface area (Å²) in [6, 6.07) is 18.2. The molecule has 3 aromatic rings. The minimum Gasteiger partial charge on any atom is -0.492 e. The Morgan fingerprint density at radius 2 is 1.88 bits per heavy atom. The molecular formula is C25H26N2O4S. The highest BCUT2D eigenvalue weighted by Crippen LogP contribution is 2.44. The van der Waals surface area contributed by atoms with Crippen molar-refractivity contribution >= 4 is 28.8 Å². The highest BCUT2D eigenvalue weighted by atomic mass is 32.1. The van der Waals surface area contributed by atoms with Gasteiger partial charge >= 0.3 is 0 Å². The van der Waals surface area contributed by atoms with E-state index in [9.17, 15) is 9.59 Å². The van der Waals surface area contributed by atoms with Gasteiger partial charge in [0.25, 0.3) is 5.91 Å². The van der Waals surface area contributed by atoms with Crippen LogP contribution in [0.5, 0.6) is 5.75 Å². The summed E-state index contributed by atoms with van der Waals surface area (Å²) in [5, 5.41) is 5.03. The Balaban J connectivity index is 1.78. The van der Waals surface area contributed by atoms with Gasteiger partial charge in [0.1, 0.15) is 5.75 Å². The number of nitrogens with one attached hydrogen (secondary N) is 1. The van der Waals surface area contributed by atoms with Crippen molar-refractivity contribution in [1.82, 2.24) is 4.90 Å². The Bertz CT molecular complexity index is 1080. The van der Waals surface area contributed by atoms with E-state index in [1.165, 1.54) is 0 Å². The van der Waals surface area contributed by atoms with Crippen LogP contribution in [0.4, 0.5) is 5.69 Å². The lowest BCUT2D eigenvalue weighted by atomic mass is 9.81. The van der Waals surface area contributed by atoms with E-state index in [2.05, 4.69) is 5.32 Å². The molecule has 1 aromatic heterocycles. The highest BCUT2D eigenvalue weighted by molar-refractivity contribution is 7.10. The Morgan fingerprint density at radius 1 is 1.09 bits per heavy atom. The lowest BCUT2D eigenvalue weighted by Gasteiger charge is -2.41. The predicted octanol–water partition coefficient (Wildman–Crippen LogP) is 4.71. The third-order valence-electron chi connectivity index (χ3n) is 5.54. The van der Waals surface area contributed by atoms with Crippen LogP contribution in [0.3, 0.4) is 0 Å². The quantitative estimate of drug-likeness (QED) is 0.540. The van der Waals surface area contributed by atoms with E-state index in [0.29, 0.717) is 36.8 Å². The zero-order chi connectivity index (χ0) is 22.5. The number of anilines is 1. The summed E-state index contributed by atoms with van der Waals surface area (Å²) in [4.78, 5) is 29.9. The van der Waals surface area contributed by atoms with Gasteiger partial charge < -0.3 is 19.7 Å². The number of thiophene rings is 1. The number of benzene rings is 2. The average molecular weight is 451 g/mol. The zero-order valence-electron chi connectivity index (χ0n) is 18.1. The van der Waals surface area contributed by atoms with Gasteiger partial charge in [-0.05, 0) is 42.1 Å². The summed E-state index contributed by atoms with van der Waals surface area (Å²) < 4.78 is 11.0. The standard InChI is InChI=1S/C25H26N2O4S/c1-3-31-20-12-7-6-11-19(20)26-24(28)22-17-9-4-5-10-18(17)25(29)27(14-15-30-2)23(22)21-13-8-16-32-21/h4-13,16,22-23H,3,14-15H2,1-2H3,(H,26,28)/t22-,23+/m1/s1. The monoisotopic (exact) mass is 450 g/mol. The van der Waals surface area contributed by atoms with Crippen molar-refractivity contribution < 1.29 is 19.1 Å². The smallest absolute Gasteiger partial charge is 0.254 e. The van der Waals surface area contributed by atoms with E-state index in [0.717, 1.165) is 10.4 Å². The maximum atomic E-state index is 13.8. The molecule has 4 rings (SSSR count). The first kappa shape index (κ1) is 22.0. The molecule has 0 saturated heterocycles. The lowest BCUT2D eigenvalue weighted by molar-refractivity contribution is -0.119. The molecule has 1 aliphatic heterocycles. The topological polar surface area (TPSA) is 67.9 Å². The number of methoxy groups -OCH3 is 1.